The Bertz CT molecular complexity index is 511. The molecule has 0 atom stereocenters. The van der Waals surface area contributed by atoms with Gasteiger partial charge in [-0.15, -0.1) is 0 Å². The van der Waals surface area contributed by atoms with Crippen LogP contribution in [-0.2, 0) is 6.54 Å². The Hall–Kier alpha value is -1.03. The maximum absolute atomic E-state index is 5.98. The number of halogens is 2. The minimum Gasteiger partial charge on any atom is -0.443 e. The van der Waals surface area contributed by atoms with E-state index >= 15 is 0 Å². The van der Waals surface area contributed by atoms with Gasteiger partial charge in [-0.05, 0) is 24.7 Å². The van der Waals surface area contributed by atoms with Crippen LogP contribution in [0.1, 0.15) is 12.6 Å². The molecule has 0 aliphatic rings. The average Bonchev–Trinajstić information content (AvgIpc) is 2.78. The van der Waals surface area contributed by atoms with Gasteiger partial charge in [-0.25, -0.2) is 4.98 Å². The summed E-state index contributed by atoms with van der Waals surface area (Å²) in [5.41, 5.74) is 1.75. The lowest BCUT2D eigenvalue weighted by Gasteiger charge is -2.03. The highest BCUT2D eigenvalue weighted by atomic mass is 35.5. The number of hydrogen-bond donors (Lipinski definition) is 1. The van der Waals surface area contributed by atoms with Crippen LogP contribution in [0.2, 0.25) is 10.0 Å². The fourth-order valence-electron chi connectivity index (χ4n) is 1.51. The first-order valence-corrected chi connectivity index (χ1v) is 6.06. The molecule has 0 saturated carbocycles. The van der Waals surface area contributed by atoms with E-state index in [0.29, 0.717) is 16.6 Å². The van der Waals surface area contributed by atoms with Gasteiger partial charge in [-0.3, -0.25) is 0 Å². The molecule has 0 amide bonds. The Kier molecular flexibility index (Phi) is 4.05. The Morgan fingerprint density at radius 1 is 1.29 bits per heavy atom. The summed E-state index contributed by atoms with van der Waals surface area (Å²) >= 11 is 11.9. The van der Waals surface area contributed by atoms with E-state index in [1.54, 1.807) is 12.1 Å². The molecule has 90 valence electrons. The molecule has 0 aliphatic heterocycles. The Balaban J connectivity index is 2.32. The van der Waals surface area contributed by atoms with Crippen molar-refractivity contribution in [1.82, 2.24) is 10.3 Å². The Labute approximate surface area is 110 Å². The second-order valence-electron chi connectivity index (χ2n) is 3.54. The van der Waals surface area contributed by atoms with E-state index in [1.165, 1.54) is 6.39 Å². The van der Waals surface area contributed by atoms with Crippen LogP contribution in [0.5, 0.6) is 0 Å². The van der Waals surface area contributed by atoms with E-state index in [9.17, 15) is 0 Å². The molecule has 17 heavy (non-hydrogen) atoms. The molecule has 1 heterocycles. The van der Waals surface area contributed by atoms with Crippen molar-refractivity contribution >= 4 is 23.2 Å². The van der Waals surface area contributed by atoms with E-state index in [1.807, 2.05) is 13.0 Å². The van der Waals surface area contributed by atoms with Crippen molar-refractivity contribution in [2.45, 2.75) is 13.5 Å². The summed E-state index contributed by atoms with van der Waals surface area (Å²) < 4.78 is 5.39. The van der Waals surface area contributed by atoms with Gasteiger partial charge in [0.05, 0.1) is 10.0 Å². The maximum Gasteiger partial charge on any atom is 0.181 e. The van der Waals surface area contributed by atoms with Gasteiger partial charge in [0.1, 0.15) is 5.69 Å². The minimum atomic E-state index is 0.509. The van der Waals surface area contributed by atoms with Crippen LogP contribution in [0.15, 0.2) is 29.0 Å². The van der Waals surface area contributed by atoms with Gasteiger partial charge in [-0.2, -0.15) is 0 Å². The number of benzene rings is 1. The highest BCUT2D eigenvalue weighted by Gasteiger charge is 2.11. The lowest BCUT2D eigenvalue weighted by Crippen LogP contribution is -2.12. The zero-order valence-corrected chi connectivity index (χ0v) is 10.8. The first kappa shape index (κ1) is 12.4. The summed E-state index contributed by atoms with van der Waals surface area (Å²) in [5.74, 6) is 0.726. The van der Waals surface area contributed by atoms with Gasteiger partial charge >= 0.3 is 0 Å². The van der Waals surface area contributed by atoms with Crippen molar-refractivity contribution < 1.29 is 4.42 Å². The summed E-state index contributed by atoms with van der Waals surface area (Å²) in [5, 5.41) is 4.25. The summed E-state index contributed by atoms with van der Waals surface area (Å²) in [6.07, 6.45) is 1.44. The van der Waals surface area contributed by atoms with Crippen molar-refractivity contribution in [2.75, 3.05) is 6.54 Å². The third kappa shape index (κ3) is 2.80. The average molecular weight is 271 g/mol. The fourth-order valence-corrected chi connectivity index (χ4v) is 1.81. The standard InChI is InChI=1S/C12H12Cl2N2O/c1-2-15-6-11-12(17-7-16-11)8-3-4-9(13)10(14)5-8/h3-5,7,15H,2,6H2,1H3. The van der Waals surface area contributed by atoms with E-state index < -0.39 is 0 Å². The number of hydrogen-bond acceptors (Lipinski definition) is 3. The third-order valence-electron chi connectivity index (χ3n) is 2.37. The van der Waals surface area contributed by atoms with Gasteiger partial charge in [-0.1, -0.05) is 30.1 Å². The number of rotatable bonds is 4. The van der Waals surface area contributed by atoms with E-state index in [-0.39, 0.29) is 0 Å². The molecule has 1 aromatic heterocycles. The number of nitrogens with zero attached hydrogens (tertiary/aromatic N) is 1. The van der Waals surface area contributed by atoms with Crippen LogP contribution in [-0.4, -0.2) is 11.5 Å². The molecule has 3 nitrogen and oxygen atoms in total. The van der Waals surface area contributed by atoms with E-state index in [4.69, 9.17) is 27.6 Å². The predicted molar refractivity (Wildman–Crippen MR) is 69.3 cm³/mol. The minimum absolute atomic E-state index is 0.509. The lowest BCUT2D eigenvalue weighted by molar-refractivity contribution is 0.570. The molecule has 0 aliphatic carbocycles. The third-order valence-corrected chi connectivity index (χ3v) is 3.10. The zero-order valence-electron chi connectivity index (χ0n) is 9.34. The highest BCUT2D eigenvalue weighted by molar-refractivity contribution is 6.42. The zero-order chi connectivity index (χ0) is 12.3. The normalized spacial score (nSPS) is 10.8. The monoisotopic (exact) mass is 270 g/mol. The van der Waals surface area contributed by atoms with Crippen molar-refractivity contribution in [3.8, 4) is 11.3 Å². The van der Waals surface area contributed by atoms with Gasteiger partial charge in [0.25, 0.3) is 0 Å². The topological polar surface area (TPSA) is 38.1 Å². The molecular weight excluding hydrogens is 259 g/mol. The van der Waals surface area contributed by atoms with Crippen LogP contribution < -0.4 is 5.32 Å². The smallest absolute Gasteiger partial charge is 0.181 e. The first-order valence-electron chi connectivity index (χ1n) is 5.31. The second-order valence-corrected chi connectivity index (χ2v) is 4.35. The summed E-state index contributed by atoms with van der Waals surface area (Å²) in [6, 6.07) is 5.39. The van der Waals surface area contributed by atoms with Crippen LogP contribution >= 0.6 is 23.2 Å². The summed E-state index contributed by atoms with van der Waals surface area (Å²) in [7, 11) is 0. The van der Waals surface area contributed by atoms with Crippen molar-refractivity contribution in [1.29, 1.82) is 0 Å². The van der Waals surface area contributed by atoms with Crippen molar-refractivity contribution in [3.63, 3.8) is 0 Å². The van der Waals surface area contributed by atoms with E-state index in [2.05, 4.69) is 10.3 Å². The van der Waals surface area contributed by atoms with Gasteiger partial charge < -0.3 is 9.73 Å². The van der Waals surface area contributed by atoms with Gasteiger partial charge in [0.15, 0.2) is 12.2 Å². The second kappa shape index (κ2) is 5.54. The molecule has 0 fully saturated rings. The quantitative estimate of drug-likeness (QED) is 0.920. The molecule has 5 heteroatoms. The maximum atomic E-state index is 5.98. The number of aromatic nitrogens is 1. The molecule has 0 bridgehead atoms. The molecular formula is C12H12Cl2N2O. The van der Waals surface area contributed by atoms with Crippen molar-refractivity contribution in [3.05, 3.63) is 40.3 Å². The first-order chi connectivity index (χ1) is 8.22. The Morgan fingerprint density at radius 3 is 2.82 bits per heavy atom. The fraction of sp³-hybridized carbons (Fsp3) is 0.250. The molecule has 1 N–H and O–H groups in total. The number of nitrogens with one attached hydrogen (secondary N) is 1. The lowest BCUT2D eigenvalue weighted by atomic mass is 10.1. The summed E-state index contributed by atoms with van der Waals surface area (Å²) in [6.45, 7) is 3.59. The molecule has 0 radical (unpaired) electrons. The van der Waals surface area contributed by atoms with Crippen LogP contribution in [0.3, 0.4) is 0 Å². The summed E-state index contributed by atoms with van der Waals surface area (Å²) in [4.78, 5) is 4.18. The molecule has 1 aromatic carbocycles. The van der Waals surface area contributed by atoms with Crippen LogP contribution in [0, 0.1) is 0 Å². The SMILES string of the molecule is CCNCc1ncoc1-c1ccc(Cl)c(Cl)c1. The predicted octanol–water partition coefficient (Wildman–Crippen LogP) is 3.76. The van der Waals surface area contributed by atoms with Gasteiger partial charge in [0.2, 0.25) is 0 Å². The molecule has 0 unspecified atom stereocenters. The molecule has 0 spiro atoms. The van der Waals surface area contributed by atoms with Crippen LogP contribution in [0.4, 0.5) is 0 Å². The number of oxazole rings is 1. The van der Waals surface area contributed by atoms with Crippen molar-refractivity contribution in [2.24, 2.45) is 0 Å². The molecule has 0 saturated heterocycles. The molecule has 2 rings (SSSR count). The van der Waals surface area contributed by atoms with Crippen LogP contribution in [0.25, 0.3) is 11.3 Å². The Morgan fingerprint density at radius 2 is 2.12 bits per heavy atom. The van der Waals surface area contributed by atoms with Gasteiger partial charge in [0, 0.05) is 12.1 Å². The van der Waals surface area contributed by atoms with E-state index in [0.717, 1.165) is 23.6 Å². The molecule has 2 aromatic rings. The highest BCUT2D eigenvalue weighted by Crippen LogP contribution is 2.30. The largest absolute Gasteiger partial charge is 0.443 e.